The van der Waals surface area contributed by atoms with Crippen LogP contribution < -0.4 is 0 Å². The highest BCUT2D eigenvalue weighted by Crippen LogP contribution is 2.72. The fraction of sp³-hybridized carbons (Fsp3) is 0.769. The summed E-state index contributed by atoms with van der Waals surface area (Å²) in [6, 6.07) is 0. The molecule has 0 unspecified atom stereocenters. The van der Waals surface area contributed by atoms with Crippen LogP contribution in [-0.4, -0.2) is 24.6 Å². The molecule has 3 aliphatic rings. The van der Waals surface area contributed by atoms with E-state index in [-0.39, 0.29) is 29.3 Å². The summed E-state index contributed by atoms with van der Waals surface area (Å²) in [5.74, 6) is -0.512. The molecule has 1 spiro atoms. The van der Waals surface area contributed by atoms with Crippen LogP contribution in [0.1, 0.15) is 38.5 Å². The maximum Gasteiger partial charge on any atom is 0.320 e. The van der Waals surface area contributed by atoms with Crippen molar-refractivity contribution >= 4 is 17.5 Å². The minimum absolute atomic E-state index is 0.0600. The Morgan fingerprint density at radius 3 is 2.65 bits per heavy atom. The van der Waals surface area contributed by atoms with Crippen LogP contribution >= 0.6 is 0 Å². The van der Waals surface area contributed by atoms with Gasteiger partial charge in [-0.3, -0.25) is 14.4 Å². The smallest absolute Gasteiger partial charge is 0.320 e. The number of hydrogen-bond donors (Lipinski definition) is 0. The first-order valence-corrected chi connectivity index (χ1v) is 6.23. The van der Waals surface area contributed by atoms with Crippen LogP contribution in [0.15, 0.2) is 0 Å². The zero-order valence-corrected chi connectivity index (χ0v) is 9.95. The van der Waals surface area contributed by atoms with Crippen molar-refractivity contribution in [3.8, 4) is 0 Å². The Balaban J connectivity index is 2.16. The minimum atomic E-state index is -1.12. The molecule has 0 radical (unpaired) electrons. The molecule has 3 fully saturated rings. The van der Waals surface area contributed by atoms with Gasteiger partial charge in [-0.2, -0.15) is 0 Å². The van der Waals surface area contributed by atoms with Gasteiger partial charge >= 0.3 is 5.97 Å². The van der Waals surface area contributed by atoms with Crippen molar-refractivity contribution < 1.29 is 19.1 Å². The highest BCUT2D eigenvalue weighted by molar-refractivity contribution is 6.12. The van der Waals surface area contributed by atoms with Gasteiger partial charge < -0.3 is 4.74 Å². The molecule has 92 valence electrons. The van der Waals surface area contributed by atoms with E-state index in [0.717, 1.165) is 25.7 Å². The standard InChI is InChI=1S/C13H16O4/c1-17-11(16)13-7-9(14)8(12(13)5-6-12)3-2-4-10(13)15/h8H,2-7H2,1H3/t8-,13-/m0/s1. The predicted octanol–water partition coefficient (Wildman–Crippen LogP) is 1.27. The second-order valence-electron chi connectivity index (χ2n) is 5.56. The van der Waals surface area contributed by atoms with Gasteiger partial charge in [0.15, 0.2) is 5.78 Å². The van der Waals surface area contributed by atoms with Crippen LogP contribution in [0.3, 0.4) is 0 Å². The van der Waals surface area contributed by atoms with Crippen LogP contribution in [0.2, 0.25) is 0 Å². The van der Waals surface area contributed by atoms with Crippen molar-refractivity contribution in [2.75, 3.05) is 7.11 Å². The Morgan fingerprint density at radius 2 is 2.06 bits per heavy atom. The Morgan fingerprint density at radius 1 is 1.35 bits per heavy atom. The first kappa shape index (κ1) is 10.9. The Kier molecular flexibility index (Phi) is 2.04. The lowest BCUT2D eigenvalue weighted by atomic mass is 9.70. The van der Waals surface area contributed by atoms with E-state index in [4.69, 9.17) is 4.74 Å². The van der Waals surface area contributed by atoms with Crippen molar-refractivity contribution in [3.63, 3.8) is 0 Å². The zero-order valence-electron chi connectivity index (χ0n) is 9.95. The minimum Gasteiger partial charge on any atom is -0.468 e. The second-order valence-corrected chi connectivity index (χ2v) is 5.56. The van der Waals surface area contributed by atoms with Crippen LogP contribution in [0.25, 0.3) is 0 Å². The molecule has 3 aliphatic carbocycles. The molecular weight excluding hydrogens is 220 g/mol. The Bertz CT molecular complexity index is 421. The van der Waals surface area contributed by atoms with E-state index in [0.29, 0.717) is 6.42 Å². The quantitative estimate of drug-likeness (QED) is 0.508. The van der Waals surface area contributed by atoms with E-state index in [1.165, 1.54) is 7.11 Å². The first-order chi connectivity index (χ1) is 8.08. The number of hydrogen-bond acceptors (Lipinski definition) is 4. The molecule has 0 N–H and O–H groups in total. The van der Waals surface area contributed by atoms with Crippen molar-refractivity contribution in [1.82, 2.24) is 0 Å². The molecule has 3 saturated carbocycles. The van der Waals surface area contributed by atoms with Gasteiger partial charge in [0.05, 0.1) is 7.11 Å². The van der Waals surface area contributed by atoms with Crippen LogP contribution in [0, 0.1) is 16.7 Å². The molecule has 2 bridgehead atoms. The average molecular weight is 236 g/mol. The van der Waals surface area contributed by atoms with Gasteiger partial charge in [-0.1, -0.05) is 0 Å². The third kappa shape index (κ3) is 1.06. The fourth-order valence-corrected chi connectivity index (χ4v) is 4.13. The summed E-state index contributed by atoms with van der Waals surface area (Å²) < 4.78 is 4.85. The summed E-state index contributed by atoms with van der Waals surface area (Å²) in [7, 11) is 1.31. The number of ketones is 2. The Hall–Kier alpha value is -1.19. The van der Waals surface area contributed by atoms with E-state index in [1.54, 1.807) is 0 Å². The molecule has 0 aliphatic heterocycles. The first-order valence-electron chi connectivity index (χ1n) is 6.23. The molecule has 0 saturated heterocycles. The SMILES string of the molecule is COC(=O)[C@]12CC(=O)[C@H](CCCC1=O)C21CC1. The fourth-order valence-electron chi connectivity index (χ4n) is 4.13. The van der Waals surface area contributed by atoms with Crippen molar-refractivity contribution in [1.29, 1.82) is 0 Å². The molecule has 0 aromatic rings. The van der Waals surface area contributed by atoms with E-state index in [1.807, 2.05) is 0 Å². The lowest BCUT2D eigenvalue weighted by molar-refractivity contribution is -0.162. The summed E-state index contributed by atoms with van der Waals surface area (Å²) in [5.41, 5.74) is -1.50. The maximum absolute atomic E-state index is 12.3. The van der Waals surface area contributed by atoms with Crippen LogP contribution in [0.5, 0.6) is 0 Å². The van der Waals surface area contributed by atoms with Gasteiger partial charge in [0, 0.05) is 24.2 Å². The number of Topliss-reactive ketones (excluding diaryl/α,β-unsaturated/α-hetero) is 2. The normalized spacial score (nSPS) is 38.1. The Labute approximate surface area is 99.7 Å². The summed E-state index contributed by atoms with van der Waals surface area (Å²) in [6.07, 6.45) is 3.65. The average Bonchev–Trinajstić information content (AvgIpc) is 3.06. The predicted molar refractivity (Wildman–Crippen MR) is 58.1 cm³/mol. The largest absolute Gasteiger partial charge is 0.468 e. The molecule has 17 heavy (non-hydrogen) atoms. The molecule has 0 aromatic carbocycles. The summed E-state index contributed by atoms with van der Waals surface area (Å²) in [5, 5.41) is 0. The van der Waals surface area contributed by atoms with Gasteiger partial charge in [-0.25, -0.2) is 0 Å². The van der Waals surface area contributed by atoms with Crippen LogP contribution in [-0.2, 0) is 19.1 Å². The van der Waals surface area contributed by atoms with E-state index in [2.05, 4.69) is 0 Å². The molecule has 0 aromatic heterocycles. The highest BCUT2D eigenvalue weighted by atomic mass is 16.5. The summed E-state index contributed by atoms with van der Waals surface area (Å²) in [6.45, 7) is 0. The number of carbonyl (C=O) groups is 3. The monoisotopic (exact) mass is 236 g/mol. The van der Waals surface area contributed by atoms with E-state index < -0.39 is 11.4 Å². The third-order valence-electron chi connectivity index (χ3n) is 5.04. The van der Waals surface area contributed by atoms with Gasteiger partial charge in [-0.15, -0.1) is 0 Å². The highest BCUT2D eigenvalue weighted by Gasteiger charge is 2.76. The van der Waals surface area contributed by atoms with Gasteiger partial charge in [0.25, 0.3) is 0 Å². The molecule has 0 amide bonds. The number of rotatable bonds is 1. The molecule has 3 rings (SSSR count). The number of methoxy groups -OCH3 is 1. The van der Waals surface area contributed by atoms with Gasteiger partial charge in [0.2, 0.25) is 0 Å². The number of ether oxygens (including phenoxy) is 1. The number of carbonyl (C=O) groups excluding carboxylic acids is 3. The summed E-state index contributed by atoms with van der Waals surface area (Å²) >= 11 is 0. The molecule has 0 heterocycles. The molecule has 4 heteroatoms. The second kappa shape index (κ2) is 3.18. The van der Waals surface area contributed by atoms with E-state index >= 15 is 0 Å². The van der Waals surface area contributed by atoms with E-state index in [9.17, 15) is 14.4 Å². The third-order valence-corrected chi connectivity index (χ3v) is 5.04. The molecular formula is C13H16O4. The topological polar surface area (TPSA) is 60.4 Å². The summed E-state index contributed by atoms with van der Waals surface area (Å²) in [4.78, 5) is 36.5. The van der Waals surface area contributed by atoms with Crippen molar-refractivity contribution in [2.45, 2.75) is 38.5 Å². The van der Waals surface area contributed by atoms with Crippen molar-refractivity contribution in [2.24, 2.45) is 16.7 Å². The van der Waals surface area contributed by atoms with Gasteiger partial charge in [-0.05, 0) is 25.7 Å². The molecule has 4 nitrogen and oxygen atoms in total. The zero-order chi connectivity index (χ0) is 12.3. The lowest BCUT2D eigenvalue weighted by Crippen LogP contribution is -2.45. The van der Waals surface area contributed by atoms with Crippen molar-refractivity contribution in [3.05, 3.63) is 0 Å². The molecule has 2 atom stereocenters. The maximum atomic E-state index is 12.3. The van der Waals surface area contributed by atoms with Crippen LogP contribution in [0.4, 0.5) is 0 Å². The lowest BCUT2D eigenvalue weighted by Gasteiger charge is -2.30. The number of esters is 1. The van der Waals surface area contributed by atoms with Gasteiger partial charge in [0.1, 0.15) is 11.2 Å².